The third-order valence-corrected chi connectivity index (χ3v) is 8.04. The molecule has 0 bridgehead atoms. The number of ether oxygens (including phenoxy) is 2. The van der Waals surface area contributed by atoms with Gasteiger partial charge in [0.05, 0.1) is 18.8 Å². The number of carbonyl (C=O) groups is 2. The summed E-state index contributed by atoms with van der Waals surface area (Å²) < 4.78 is 13.1. The maximum atomic E-state index is 12.6. The van der Waals surface area contributed by atoms with Gasteiger partial charge in [-0.15, -0.1) is 0 Å². The average molecular weight is 589 g/mol. The molecule has 0 spiro atoms. The van der Waals surface area contributed by atoms with Crippen LogP contribution in [0.5, 0.6) is 0 Å². The lowest BCUT2D eigenvalue weighted by molar-refractivity contribution is -0.253. The van der Waals surface area contributed by atoms with Crippen molar-refractivity contribution >= 4 is 17.6 Å². The van der Waals surface area contributed by atoms with E-state index >= 15 is 0 Å². The van der Waals surface area contributed by atoms with Crippen LogP contribution < -0.4 is 5.32 Å². The van der Waals surface area contributed by atoms with Crippen LogP contribution in [0.3, 0.4) is 0 Å². The zero-order chi connectivity index (χ0) is 30.6. The highest BCUT2D eigenvalue weighted by Crippen LogP contribution is 2.39. The Labute approximate surface area is 254 Å². The fourth-order valence-electron chi connectivity index (χ4n) is 5.40. The standard InChI is InChI=1S/C35H44N2O6/c1-25(27-11-6-5-7-12-27)37(2)23-31-22-32(28-19-17-26(24-38)18-20-28)43-35(42-31)29-13-10-14-30(21-29)36-33(39)15-8-3-4-9-16-34(40)41/h5-7,10-14,17-21,25,31-32,35,38H,3-4,8-9,15-16,22-24H2,1-2H3,(H,36,39)(H,40,41)/t25-,31-,32+,35+/m0/s1. The summed E-state index contributed by atoms with van der Waals surface area (Å²) in [5.41, 5.74) is 4.63. The molecule has 3 N–H and O–H groups in total. The summed E-state index contributed by atoms with van der Waals surface area (Å²) in [5.74, 6) is -0.855. The van der Waals surface area contributed by atoms with E-state index in [4.69, 9.17) is 14.6 Å². The Morgan fingerprint density at radius 1 is 0.907 bits per heavy atom. The third-order valence-electron chi connectivity index (χ3n) is 8.04. The summed E-state index contributed by atoms with van der Waals surface area (Å²) in [5, 5.41) is 21.2. The van der Waals surface area contributed by atoms with Crippen LogP contribution in [0.25, 0.3) is 0 Å². The molecule has 1 saturated heterocycles. The minimum atomic E-state index is -0.783. The Bertz CT molecular complexity index is 1300. The molecule has 230 valence electrons. The van der Waals surface area contributed by atoms with Gasteiger partial charge in [-0.05, 0) is 55.6 Å². The molecular formula is C35H44N2O6. The van der Waals surface area contributed by atoms with E-state index in [-0.39, 0.29) is 37.2 Å². The third kappa shape index (κ3) is 10.0. The van der Waals surface area contributed by atoms with Gasteiger partial charge < -0.3 is 25.0 Å². The van der Waals surface area contributed by atoms with Gasteiger partial charge in [-0.2, -0.15) is 0 Å². The molecule has 1 amide bonds. The average Bonchev–Trinajstić information content (AvgIpc) is 3.02. The summed E-state index contributed by atoms with van der Waals surface area (Å²) in [6.45, 7) is 2.90. The molecule has 3 aromatic carbocycles. The van der Waals surface area contributed by atoms with Crippen LogP contribution in [0.2, 0.25) is 0 Å². The van der Waals surface area contributed by atoms with E-state index in [1.165, 1.54) is 5.56 Å². The Balaban J connectivity index is 1.43. The number of rotatable bonds is 15. The van der Waals surface area contributed by atoms with E-state index in [1.807, 2.05) is 54.6 Å². The number of nitrogens with zero attached hydrogens (tertiary/aromatic N) is 1. The van der Waals surface area contributed by atoms with Gasteiger partial charge in [0, 0.05) is 43.1 Å². The Hall–Kier alpha value is -3.56. The number of hydrogen-bond acceptors (Lipinski definition) is 6. The second-order valence-electron chi connectivity index (χ2n) is 11.4. The van der Waals surface area contributed by atoms with Crippen molar-refractivity contribution in [2.75, 3.05) is 18.9 Å². The number of unbranched alkanes of at least 4 members (excludes halogenated alkanes) is 3. The van der Waals surface area contributed by atoms with Gasteiger partial charge >= 0.3 is 5.97 Å². The zero-order valence-corrected chi connectivity index (χ0v) is 25.2. The van der Waals surface area contributed by atoms with Crippen molar-refractivity contribution in [3.05, 3.63) is 101 Å². The van der Waals surface area contributed by atoms with Crippen LogP contribution in [0, 0.1) is 0 Å². The number of benzene rings is 3. The number of aliphatic hydroxyl groups is 1. The molecule has 0 aliphatic carbocycles. The SMILES string of the molecule is C[C@@H](c1ccccc1)N(C)C[C@@H]1C[C@H](c2ccc(CO)cc2)O[C@H](c2cccc(NC(=O)CCCCCCC(=O)O)c2)O1. The maximum absolute atomic E-state index is 12.6. The lowest BCUT2D eigenvalue weighted by Crippen LogP contribution is -2.38. The molecule has 8 nitrogen and oxygen atoms in total. The Morgan fingerprint density at radius 2 is 1.63 bits per heavy atom. The monoisotopic (exact) mass is 588 g/mol. The fraction of sp³-hybridized carbons (Fsp3) is 0.429. The summed E-state index contributed by atoms with van der Waals surface area (Å²) in [7, 11) is 2.11. The number of nitrogens with one attached hydrogen (secondary N) is 1. The normalized spacial score (nSPS) is 19.2. The summed E-state index contributed by atoms with van der Waals surface area (Å²) in [4.78, 5) is 25.5. The topological polar surface area (TPSA) is 108 Å². The van der Waals surface area contributed by atoms with Crippen LogP contribution >= 0.6 is 0 Å². The van der Waals surface area contributed by atoms with Crippen molar-refractivity contribution in [2.45, 2.75) is 83.0 Å². The summed E-state index contributed by atoms with van der Waals surface area (Å²) in [6, 6.07) is 26.1. The molecule has 0 aromatic heterocycles. The highest BCUT2D eigenvalue weighted by atomic mass is 16.7. The van der Waals surface area contributed by atoms with Gasteiger partial charge in [0.1, 0.15) is 0 Å². The molecular weight excluding hydrogens is 544 g/mol. The summed E-state index contributed by atoms with van der Waals surface area (Å²) >= 11 is 0. The number of anilines is 1. The molecule has 1 aliphatic rings. The van der Waals surface area contributed by atoms with Gasteiger partial charge in [0.2, 0.25) is 5.91 Å². The number of carboxylic acid groups (broad SMARTS) is 1. The van der Waals surface area contributed by atoms with Crippen LogP contribution in [0.4, 0.5) is 5.69 Å². The molecule has 8 heteroatoms. The quantitative estimate of drug-likeness (QED) is 0.168. The lowest BCUT2D eigenvalue weighted by atomic mass is 9.99. The molecule has 4 rings (SSSR count). The highest BCUT2D eigenvalue weighted by molar-refractivity contribution is 5.90. The summed E-state index contributed by atoms with van der Waals surface area (Å²) in [6.07, 6.45) is 3.29. The van der Waals surface area contributed by atoms with Gasteiger partial charge in [-0.3, -0.25) is 14.5 Å². The first-order valence-corrected chi connectivity index (χ1v) is 15.2. The van der Waals surface area contributed by atoms with Gasteiger partial charge in [0.25, 0.3) is 0 Å². The van der Waals surface area contributed by atoms with Crippen LogP contribution in [-0.4, -0.2) is 46.7 Å². The molecule has 4 atom stereocenters. The van der Waals surface area contributed by atoms with Crippen molar-refractivity contribution < 1.29 is 29.3 Å². The predicted molar refractivity (Wildman–Crippen MR) is 166 cm³/mol. The number of carbonyl (C=O) groups excluding carboxylic acids is 1. The molecule has 1 heterocycles. The van der Waals surface area contributed by atoms with Crippen molar-refractivity contribution in [3.8, 4) is 0 Å². The first-order valence-electron chi connectivity index (χ1n) is 15.2. The molecule has 0 saturated carbocycles. The second kappa shape index (κ2) is 16.3. The van der Waals surface area contributed by atoms with E-state index in [9.17, 15) is 14.7 Å². The Kier molecular flexibility index (Phi) is 12.3. The number of hydrogen-bond donors (Lipinski definition) is 3. The molecule has 3 aromatic rings. The number of aliphatic hydroxyl groups excluding tert-OH is 1. The molecule has 1 fully saturated rings. The van der Waals surface area contributed by atoms with Crippen molar-refractivity contribution in [2.24, 2.45) is 0 Å². The largest absolute Gasteiger partial charge is 0.481 e. The highest BCUT2D eigenvalue weighted by Gasteiger charge is 2.33. The van der Waals surface area contributed by atoms with E-state index in [0.29, 0.717) is 37.9 Å². The smallest absolute Gasteiger partial charge is 0.303 e. The van der Waals surface area contributed by atoms with Crippen molar-refractivity contribution in [1.82, 2.24) is 4.90 Å². The lowest BCUT2D eigenvalue weighted by Gasteiger charge is -2.39. The van der Waals surface area contributed by atoms with Crippen molar-refractivity contribution in [1.29, 1.82) is 0 Å². The van der Waals surface area contributed by atoms with Gasteiger partial charge in [-0.25, -0.2) is 0 Å². The number of carboxylic acids is 1. The zero-order valence-electron chi connectivity index (χ0n) is 25.2. The van der Waals surface area contributed by atoms with Gasteiger partial charge in [-0.1, -0.05) is 79.6 Å². The van der Waals surface area contributed by atoms with E-state index < -0.39 is 12.3 Å². The van der Waals surface area contributed by atoms with Crippen molar-refractivity contribution in [3.63, 3.8) is 0 Å². The maximum Gasteiger partial charge on any atom is 0.303 e. The first-order chi connectivity index (χ1) is 20.8. The minimum absolute atomic E-state index is 0.00836. The van der Waals surface area contributed by atoms with Crippen LogP contribution in [0.15, 0.2) is 78.9 Å². The second-order valence-corrected chi connectivity index (χ2v) is 11.4. The van der Waals surface area contributed by atoms with E-state index in [0.717, 1.165) is 29.5 Å². The molecule has 1 aliphatic heterocycles. The number of aliphatic carboxylic acids is 1. The van der Waals surface area contributed by atoms with Crippen LogP contribution in [-0.2, 0) is 25.7 Å². The van der Waals surface area contributed by atoms with E-state index in [1.54, 1.807) is 0 Å². The minimum Gasteiger partial charge on any atom is -0.481 e. The molecule has 0 unspecified atom stereocenters. The number of amides is 1. The first kappa shape index (κ1) is 32.4. The van der Waals surface area contributed by atoms with E-state index in [2.05, 4.69) is 48.5 Å². The molecule has 0 radical (unpaired) electrons. The molecule has 43 heavy (non-hydrogen) atoms. The fourth-order valence-corrected chi connectivity index (χ4v) is 5.40. The predicted octanol–water partition coefficient (Wildman–Crippen LogP) is 6.78. The van der Waals surface area contributed by atoms with Crippen LogP contribution in [0.1, 0.15) is 92.6 Å². The number of likely N-dealkylation sites (N-methyl/N-ethyl adjacent to an activating group) is 1. The Morgan fingerprint density at radius 3 is 2.33 bits per heavy atom. The van der Waals surface area contributed by atoms with Gasteiger partial charge in [0.15, 0.2) is 6.29 Å².